The number of nitrogens with one attached hydrogen (secondary N) is 1. The highest BCUT2D eigenvalue weighted by Crippen LogP contribution is 2.37. The lowest BCUT2D eigenvalue weighted by molar-refractivity contribution is -0.384. The average molecular weight is 383 g/mol. The van der Waals surface area contributed by atoms with Crippen molar-refractivity contribution >= 4 is 23.0 Å². The zero-order valence-electron chi connectivity index (χ0n) is 15.5. The molecule has 28 heavy (non-hydrogen) atoms. The Morgan fingerprint density at radius 1 is 1.32 bits per heavy atom. The van der Waals surface area contributed by atoms with E-state index in [0.29, 0.717) is 37.6 Å². The Kier molecular flexibility index (Phi) is 4.87. The van der Waals surface area contributed by atoms with E-state index in [9.17, 15) is 14.9 Å². The van der Waals surface area contributed by atoms with Crippen LogP contribution >= 0.6 is 0 Å². The maximum atomic E-state index is 13.1. The van der Waals surface area contributed by atoms with Crippen molar-refractivity contribution in [2.24, 2.45) is 5.92 Å². The van der Waals surface area contributed by atoms with Crippen LogP contribution in [0.2, 0.25) is 0 Å². The van der Waals surface area contributed by atoms with Crippen molar-refractivity contribution in [3.63, 3.8) is 0 Å². The van der Waals surface area contributed by atoms with Gasteiger partial charge < -0.3 is 19.7 Å². The number of fused-ring (bicyclic) bond motifs is 3. The molecule has 2 atom stereocenters. The average Bonchev–Trinajstić information content (AvgIpc) is 2.72. The number of non-ortho nitro benzene ring substituents is 1. The fraction of sp³-hybridized carbons (Fsp3) is 0.350. The van der Waals surface area contributed by atoms with Crippen molar-refractivity contribution in [1.29, 1.82) is 0 Å². The molecule has 0 saturated carbocycles. The quantitative estimate of drug-likeness (QED) is 0.644. The molecule has 1 fully saturated rings. The van der Waals surface area contributed by atoms with E-state index in [1.807, 2.05) is 12.1 Å². The Labute approximate surface area is 162 Å². The van der Waals surface area contributed by atoms with Gasteiger partial charge in [-0.15, -0.1) is 0 Å². The van der Waals surface area contributed by atoms with Gasteiger partial charge in [0, 0.05) is 36.1 Å². The molecule has 0 aromatic heterocycles. The topological polar surface area (TPSA) is 93.9 Å². The second-order valence-electron chi connectivity index (χ2n) is 6.94. The van der Waals surface area contributed by atoms with E-state index in [0.717, 1.165) is 11.3 Å². The fourth-order valence-corrected chi connectivity index (χ4v) is 3.96. The van der Waals surface area contributed by atoms with Gasteiger partial charge in [0.25, 0.3) is 5.69 Å². The van der Waals surface area contributed by atoms with Crippen LogP contribution in [-0.2, 0) is 16.0 Å². The minimum Gasteiger partial charge on any atom is -0.497 e. The molecule has 0 aliphatic carbocycles. The lowest BCUT2D eigenvalue weighted by Crippen LogP contribution is -2.55. The van der Waals surface area contributed by atoms with Crippen LogP contribution in [0.1, 0.15) is 5.56 Å². The smallest absolute Gasteiger partial charge is 0.269 e. The molecule has 8 heteroatoms. The first kappa shape index (κ1) is 18.2. The van der Waals surface area contributed by atoms with Crippen LogP contribution in [-0.4, -0.2) is 43.7 Å². The number of ether oxygens (including phenoxy) is 2. The number of benzene rings is 2. The summed E-state index contributed by atoms with van der Waals surface area (Å²) in [5, 5.41) is 14.1. The van der Waals surface area contributed by atoms with Crippen LogP contribution in [0.25, 0.3) is 0 Å². The van der Waals surface area contributed by atoms with E-state index in [4.69, 9.17) is 9.47 Å². The molecular formula is C20H21N3O5. The molecule has 0 bridgehead atoms. The lowest BCUT2D eigenvalue weighted by Gasteiger charge is -2.45. The first-order valence-corrected chi connectivity index (χ1v) is 9.13. The molecule has 0 spiro atoms. The van der Waals surface area contributed by atoms with Gasteiger partial charge in [0.05, 0.1) is 37.2 Å². The second-order valence-corrected chi connectivity index (χ2v) is 6.94. The number of amides is 1. The van der Waals surface area contributed by atoms with Crippen molar-refractivity contribution in [2.45, 2.75) is 12.5 Å². The highest BCUT2D eigenvalue weighted by molar-refractivity contribution is 5.94. The van der Waals surface area contributed by atoms with Gasteiger partial charge in [-0.2, -0.15) is 0 Å². The number of hydrogen-bond acceptors (Lipinski definition) is 6. The van der Waals surface area contributed by atoms with Crippen molar-refractivity contribution in [1.82, 2.24) is 0 Å². The first-order chi connectivity index (χ1) is 13.6. The van der Waals surface area contributed by atoms with Crippen LogP contribution in [0.4, 0.5) is 17.1 Å². The molecule has 2 unspecified atom stereocenters. The highest BCUT2D eigenvalue weighted by atomic mass is 16.6. The molecule has 2 aliphatic heterocycles. The molecule has 1 N–H and O–H groups in total. The van der Waals surface area contributed by atoms with Gasteiger partial charge in [-0.1, -0.05) is 6.07 Å². The third-order valence-corrected chi connectivity index (χ3v) is 5.33. The lowest BCUT2D eigenvalue weighted by atomic mass is 9.84. The first-order valence-electron chi connectivity index (χ1n) is 9.13. The number of morpholine rings is 1. The number of methoxy groups -OCH3 is 1. The SMILES string of the molecule is COc1cccc(NC(=O)C2Cc3cc([N+](=O)[O-])ccc3N3CCOCC23)c1. The highest BCUT2D eigenvalue weighted by Gasteiger charge is 2.40. The largest absolute Gasteiger partial charge is 0.497 e. The van der Waals surface area contributed by atoms with Crippen molar-refractivity contribution in [2.75, 3.05) is 37.1 Å². The van der Waals surface area contributed by atoms with Crippen LogP contribution in [0.5, 0.6) is 5.75 Å². The van der Waals surface area contributed by atoms with Crippen LogP contribution < -0.4 is 15.0 Å². The molecule has 2 aromatic rings. The molecular weight excluding hydrogens is 362 g/mol. The Morgan fingerprint density at radius 2 is 2.18 bits per heavy atom. The number of carbonyl (C=O) groups is 1. The van der Waals surface area contributed by atoms with Gasteiger partial charge in [-0.05, 0) is 30.2 Å². The van der Waals surface area contributed by atoms with E-state index >= 15 is 0 Å². The molecule has 1 saturated heterocycles. The maximum absolute atomic E-state index is 13.1. The summed E-state index contributed by atoms with van der Waals surface area (Å²) in [5.41, 5.74) is 2.46. The van der Waals surface area contributed by atoms with E-state index in [-0.39, 0.29) is 23.6 Å². The van der Waals surface area contributed by atoms with Crippen molar-refractivity contribution < 1.29 is 19.2 Å². The van der Waals surface area contributed by atoms with Crippen LogP contribution in [0.3, 0.4) is 0 Å². The Morgan fingerprint density at radius 3 is 2.96 bits per heavy atom. The summed E-state index contributed by atoms with van der Waals surface area (Å²) in [6, 6.07) is 11.9. The molecule has 1 amide bonds. The number of anilines is 2. The Hall–Kier alpha value is -3.13. The van der Waals surface area contributed by atoms with Gasteiger partial charge in [0.1, 0.15) is 5.75 Å². The molecule has 2 aliphatic rings. The zero-order chi connectivity index (χ0) is 19.7. The fourth-order valence-electron chi connectivity index (χ4n) is 3.96. The van der Waals surface area contributed by atoms with Gasteiger partial charge in [-0.3, -0.25) is 14.9 Å². The Balaban J connectivity index is 1.63. The van der Waals surface area contributed by atoms with Gasteiger partial charge in [-0.25, -0.2) is 0 Å². The van der Waals surface area contributed by atoms with E-state index in [1.54, 1.807) is 31.4 Å². The summed E-state index contributed by atoms with van der Waals surface area (Å²) in [7, 11) is 1.57. The summed E-state index contributed by atoms with van der Waals surface area (Å²) in [6.45, 7) is 1.67. The third-order valence-electron chi connectivity index (χ3n) is 5.33. The molecule has 2 heterocycles. The van der Waals surface area contributed by atoms with Crippen LogP contribution in [0, 0.1) is 16.0 Å². The Bertz CT molecular complexity index is 916. The minimum atomic E-state index is -0.406. The van der Waals surface area contributed by atoms with E-state index in [1.165, 1.54) is 6.07 Å². The second kappa shape index (κ2) is 7.47. The summed E-state index contributed by atoms with van der Waals surface area (Å²) < 4.78 is 10.8. The minimum absolute atomic E-state index is 0.0393. The van der Waals surface area contributed by atoms with Gasteiger partial charge >= 0.3 is 0 Å². The van der Waals surface area contributed by atoms with E-state index < -0.39 is 4.92 Å². The molecule has 0 radical (unpaired) electrons. The normalized spacial score (nSPS) is 20.7. The van der Waals surface area contributed by atoms with Crippen molar-refractivity contribution in [3.05, 3.63) is 58.1 Å². The molecule has 8 nitrogen and oxygen atoms in total. The molecule has 2 aromatic carbocycles. The maximum Gasteiger partial charge on any atom is 0.269 e. The zero-order valence-corrected chi connectivity index (χ0v) is 15.5. The number of rotatable bonds is 4. The monoisotopic (exact) mass is 383 g/mol. The number of nitro groups is 1. The number of nitrogens with zero attached hydrogens (tertiary/aromatic N) is 2. The number of hydrogen-bond donors (Lipinski definition) is 1. The standard InChI is InChI=1S/C20H21N3O5/c1-27-16-4-2-3-14(11-16)21-20(24)17-10-13-9-15(23(25)26)5-6-18(13)22-7-8-28-12-19(17)22/h2-6,9,11,17,19H,7-8,10,12H2,1H3,(H,21,24). The summed E-state index contributed by atoms with van der Waals surface area (Å²) in [6.07, 6.45) is 0.428. The van der Waals surface area contributed by atoms with Crippen molar-refractivity contribution in [3.8, 4) is 5.75 Å². The summed E-state index contributed by atoms with van der Waals surface area (Å²) in [4.78, 5) is 26.0. The molecule has 4 rings (SSSR count). The number of nitro benzene ring substituents is 1. The summed E-state index contributed by atoms with van der Waals surface area (Å²) in [5.74, 6) is 0.150. The van der Waals surface area contributed by atoms with E-state index in [2.05, 4.69) is 10.2 Å². The van der Waals surface area contributed by atoms with Gasteiger partial charge in [0.2, 0.25) is 5.91 Å². The predicted molar refractivity (Wildman–Crippen MR) is 104 cm³/mol. The molecule has 146 valence electrons. The number of carbonyl (C=O) groups excluding carboxylic acids is 1. The predicted octanol–water partition coefficient (Wildman–Crippen LogP) is 2.62. The van der Waals surface area contributed by atoms with Gasteiger partial charge in [0.15, 0.2) is 0 Å². The summed E-state index contributed by atoms with van der Waals surface area (Å²) >= 11 is 0. The third kappa shape index (κ3) is 3.38. The van der Waals surface area contributed by atoms with Crippen LogP contribution in [0.15, 0.2) is 42.5 Å².